The maximum Gasteiger partial charge on any atom is 0.349 e. The first-order valence-corrected chi connectivity index (χ1v) is 9.28. The van der Waals surface area contributed by atoms with Crippen LogP contribution in [0.3, 0.4) is 0 Å². The van der Waals surface area contributed by atoms with Crippen molar-refractivity contribution < 1.29 is 19.2 Å². The Balaban J connectivity index is 1.69. The molecule has 0 fully saturated rings. The van der Waals surface area contributed by atoms with E-state index in [2.05, 4.69) is 10.4 Å². The van der Waals surface area contributed by atoms with Crippen molar-refractivity contribution in [3.8, 4) is 0 Å². The number of nitrogens with zero attached hydrogens (tertiary/aromatic N) is 3. The van der Waals surface area contributed by atoms with Crippen LogP contribution in [0.1, 0.15) is 21.8 Å². The van der Waals surface area contributed by atoms with E-state index in [1.54, 1.807) is 25.1 Å². The van der Waals surface area contributed by atoms with E-state index in [9.17, 15) is 19.7 Å². The first-order chi connectivity index (χ1) is 13.3. The monoisotopic (exact) mass is 422 g/mol. The normalized spacial score (nSPS) is 10.8. The van der Waals surface area contributed by atoms with Gasteiger partial charge >= 0.3 is 11.7 Å². The van der Waals surface area contributed by atoms with Crippen molar-refractivity contribution >= 4 is 56.3 Å². The number of thiophene rings is 1. The van der Waals surface area contributed by atoms with Gasteiger partial charge in [-0.3, -0.25) is 19.6 Å². The molecule has 2 aromatic heterocycles. The maximum absolute atomic E-state index is 12.2. The Labute approximate surface area is 168 Å². The quantitative estimate of drug-likeness (QED) is 0.367. The minimum Gasteiger partial charge on any atom is -0.465 e. The number of aryl methyl sites for hydroxylation is 1. The average molecular weight is 423 g/mol. The standard InChI is InChI=1S/C17H15ClN4O5S/c1-9-12(22(25)26)8-19-21(9)6-5-14(23)20-10-3-4-11-13(7-10)28-16(15(11)18)17(24)27-2/h3-4,7-8H,5-6H2,1-2H3,(H,20,23). The van der Waals surface area contributed by atoms with Gasteiger partial charge in [0.1, 0.15) is 16.8 Å². The zero-order chi connectivity index (χ0) is 20.4. The lowest BCUT2D eigenvalue weighted by Gasteiger charge is -2.06. The van der Waals surface area contributed by atoms with Crippen molar-refractivity contribution in [3.63, 3.8) is 0 Å². The number of hydrogen-bond donors (Lipinski definition) is 1. The Bertz CT molecular complexity index is 1090. The lowest BCUT2D eigenvalue weighted by Crippen LogP contribution is -2.15. The second-order valence-corrected chi connectivity index (χ2v) is 7.27. The predicted octanol–water partition coefficient (Wildman–Crippen LogP) is 3.78. The molecule has 0 aliphatic rings. The van der Waals surface area contributed by atoms with Gasteiger partial charge in [-0.05, 0) is 25.1 Å². The van der Waals surface area contributed by atoms with Crippen LogP contribution in [0.4, 0.5) is 11.4 Å². The number of esters is 1. The number of nitrogens with one attached hydrogen (secondary N) is 1. The van der Waals surface area contributed by atoms with Crippen LogP contribution in [0.25, 0.3) is 10.1 Å². The van der Waals surface area contributed by atoms with Gasteiger partial charge in [0.05, 0.1) is 23.6 Å². The van der Waals surface area contributed by atoms with E-state index in [0.29, 0.717) is 26.7 Å². The summed E-state index contributed by atoms with van der Waals surface area (Å²) < 4.78 is 6.87. The summed E-state index contributed by atoms with van der Waals surface area (Å²) in [5.74, 6) is -0.784. The molecule has 0 saturated carbocycles. The van der Waals surface area contributed by atoms with Gasteiger partial charge in [-0.2, -0.15) is 5.10 Å². The van der Waals surface area contributed by atoms with Crippen molar-refractivity contribution in [1.82, 2.24) is 9.78 Å². The molecule has 1 N–H and O–H groups in total. The number of rotatable bonds is 6. The third kappa shape index (κ3) is 3.82. The van der Waals surface area contributed by atoms with Crippen LogP contribution >= 0.6 is 22.9 Å². The summed E-state index contributed by atoms with van der Waals surface area (Å²) >= 11 is 7.39. The Morgan fingerprint density at radius 1 is 1.43 bits per heavy atom. The van der Waals surface area contributed by atoms with Gasteiger partial charge in [0.2, 0.25) is 5.91 Å². The fourth-order valence-electron chi connectivity index (χ4n) is 2.64. The van der Waals surface area contributed by atoms with Gasteiger partial charge in [-0.1, -0.05) is 11.6 Å². The number of hydrogen-bond acceptors (Lipinski definition) is 7. The third-order valence-electron chi connectivity index (χ3n) is 4.11. The van der Waals surface area contributed by atoms with Crippen LogP contribution < -0.4 is 5.32 Å². The first kappa shape index (κ1) is 19.8. The van der Waals surface area contributed by atoms with Crippen LogP contribution in [0.5, 0.6) is 0 Å². The molecule has 2 heterocycles. The predicted molar refractivity (Wildman–Crippen MR) is 105 cm³/mol. The molecular formula is C17H15ClN4O5S. The second kappa shape index (κ2) is 7.95. The maximum atomic E-state index is 12.2. The van der Waals surface area contributed by atoms with Crippen molar-refractivity contribution in [1.29, 1.82) is 0 Å². The number of ether oxygens (including phenoxy) is 1. The highest BCUT2D eigenvalue weighted by atomic mass is 35.5. The molecule has 146 valence electrons. The highest BCUT2D eigenvalue weighted by Gasteiger charge is 2.19. The molecule has 3 rings (SSSR count). The lowest BCUT2D eigenvalue weighted by atomic mass is 10.2. The number of fused-ring (bicyclic) bond motifs is 1. The number of aromatic nitrogens is 2. The molecular weight excluding hydrogens is 408 g/mol. The minimum absolute atomic E-state index is 0.0816. The molecule has 0 radical (unpaired) electrons. The number of benzene rings is 1. The SMILES string of the molecule is COC(=O)c1sc2cc(NC(=O)CCn3ncc([N+](=O)[O-])c3C)ccc2c1Cl. The Hall–Kier alpha value is -2.98. The van der Waals surface area contributed by atoms with Crippen LogP contribution in [0.15, 0.2) is 24.4 Å². The summed E-state index contributed by atoms with van der Waals surface area (Å²) in [4.78, 5) is 34.6. The fourth-order valence-corrected chi connectivity index (χ4v) is 4.10. The van der Waals surface area contributed by atoms with Gasteiger partial charge in [-0.25, -0.2) is 4.79 Å². The molecule has 0 aliphatic heterocycles. The van der Waals surface area contributed by atoms with Crippen molar-refractivity contribution in [2.24, 2.45) is 0 Å². The first-order valence-electron chi connectivity index (χ1n) is 8.08. The van der Waals surface area contributed by atoms with E-state index >= 15 is 0 Å². The van der Waals surface area contributed by atoms with Gasteiger partial charge in [0.25, 0.3) is 0 Å². The summed E-state index contributed by atoms with van der Waals surface area (Å²) in [5, 5.41) is 18.6. The summed E-state index contributed by atoms with van der Waals surface area (Å²) in [6, 6.07) is 5.13. The van der Waals surface area contributed by atoms with Crippen LogP contribution in [-0.4, -0.2) is 33.7 Å². The van der Waals surface area contributed by atoms with Crippen molar-refractivity contribution in [2.75, 3.05) is 12.4 Å². The van der Waals surface area contributed by atoms with E-state index in [-0.39, 0.29) is 24.6 Å². The molecule has 0 unspecified atom stereocenters. The number of anilines is 1. The van der Waals surface area contributed by atoms with Gasteiger partial charge in [0.15, 0.2) is 0 Å². The molecule has 0 saturated heterocycles. The largest absolute Gasteiger partial charge is 0.465 e. The second-order valence-electron chi connectivity index (χ2n) is 5.84. The lowest BCUT2D eigenvalue weighted by molar-refractivity contribution is -0.385. The highest BCUT2D eigenvalue weighted by molar-refractivity contribution is 7.21. The third-order valence-corrected chi connectivity index (χ3v) is 5.75. The number of carbonyl (C=O) groups is 2. The van der Waals surface area contributed by atoms with E-state index in [1.807, 2.05) is 0 Å². The minimum atomic E-state index is -0.513. The highest BCUT2D eigenvalue weighted by Crippen LogP contribution is 2.37. The molecule has 0 bridgehead atoms. The summed E-state index contributed by atoms with van der Waals surface area (Å²) in [7, 11) is 1.28. The molecule has 28 heavy (non-hydrogen) atoms. The zero-order valence-electron chi connectivity index (χ0n) is 14.9. The Morgan fingerprint density at radius 3 is 2.82 bits per heavy atom. The smallest absolute Gasteiger partial charge is 0.349 e. The molecule has 0 atom stereocenters. The van der Waals surface area contributed by atoms with E-state index in [1.165, 1.54) is 29.3 Å². The van der Waals surface area contributed by atoms with Gasteiger partial charge < -0.3 is 10.1 Å². The molecule has 11 heteroatoms. The summed E-state index contributed by atoms with van der Waals surface area (Å²) in [5.41, 5.74) is 0.861. The molecule has 0 aliphatic carbocycles. The van der Waals surface area contributed by atoms with Crippen LogP contribution in [0, 0.1) is 17.0 Å². The number of methoxy groups -OCH3 is 1. The molecule has 3 aromatic rings. The number of amides is 1. The van der Waals surface area contributed by atoms with Crippen molar-refractivity contribution in [3.05, 3.63) is 50.1 Å². The molecule has 1 amide bonds. The van der Waals surface area contributed by atoms with E-state index < -0.39 is 10.9 Å². The summed E-state index contributed by atoms with van der Waals surface area (Å²) in [6.07, 6.45) is 1.26. The fraction of sp³-hybridized carbons (Fsp3) is 0.235. The van der Waals surface area contributed by atoms with E-state index in [0.717, 1.165) is 4.70 Å². The summed E-state index contributed by atoms with van der Waals surface area (Å²) in [6.45, 7) is 1.79. The van der Waals surface area contributed by atoms with Crippen LogP contribution in [-0.2, 0) is 16.1 Å². The Kier molecular flexibility index (Phi) is 5.61. The van der Waals surface area contributed by atoms with Crippen molar-refractivity contribution in [2.45, 2.75) is 19.9 Å². The van der Waals surface area contributed by atoms with Crippen LogP contribution in [0.2, 0.25) is 5.02 Å². The number of halogens is 1. The molecule has 1 aromatic carbocycles. The Morgan fingerprint density at radius 2 is 2.18 bits per heavy atom. The van der Waals surface area contributed by atoms with E-state index in [4.69, 9.17) is 16.3 Å². The van der Waals surface area contributed by atoms with Gasteiger partial charge in [-0.15, -0.1) is 11.3 Å². The topological polar surface area (TPSA) is 116 Å². The zero-order valence-corrected chi connectivity index (χ0v) is 16.5. The average Bonchev–Trinajstić information content (AvgIpc) is 3.19. The number of nitro groups is 1. The van der Waals surface area contributed by atoms with Gasteiger partial charge in [0, 0.05) is 22.2 Å². The molecule has 9 nitrogen and oxygen atoms in total. The molecule has 0 spiro atoms. The number of carbonyl (C=O) groups excluding carboxylic acids is 2.